The third kappa shape index (κ3) is 5.46. The summed E-state index contributed by atoms with van der Waals surface area (Å²) in [4.78, 5) is 12.4. The van der Waals surface area contributed by atoms with Crippen molar-refractivity contribution in [2.24, 2.45) is 0 Å². The summed E-state index contributed by atoms with van der Waals surface area (Å²) in [7, 11) is 7.45. The highest BCUT2D eigenvalue weighted by molar-refractivity contribution is 5.93. The highest BCUT2D eigenvalue weighted by atomic mass is 16.5. The Morgan fingerprint density at radius 2 is 1.32 bits per heavy atom. The number of aromatic nitrogens is 2. The molecular weight excluding hydrogens is 424 g/mol. The van der Waals surface area contributed by atoms with Crippen LogP contribution in [0.25, 0.3) is 11.0 Å². The lowest BCUT2D eigenvalue weighted by Crippen LogP contribution is -2.21. The molecule has 176 valence electrons. The third-order valence-electron chi connectivity index (χ3n) is 5.75. The molecule has 34 heavy (non-hydrogen) atoms. The van der Waals surface area contributed by atoms with Crippen molar-refractivity contribution < 1.29 is 9.47 Å². The molecule has 0 radical (unpaired) electrons. The average Bonchev–Trinajstić information content (AvgIpc) is 2.85. The Morgan fingerprint density at radius 1 is 0.765 bits per heavy atom. The van der Waals surface area contributed by atoms with Crippen molar-refractivity contribution in [3.05, 3.63) is 89.2 Å². The van der Waals surface area contributed by atoms with E-state index in [1.807, 2.05) is 18.2 Å². The van der Waals surface area contributed by atoms with Gasteiger partial charge >= 0.3 is 0 Å². The predicted octanol–water partition coefficient (Wildman–Crippen LogP) is 4.80. The van der Waals surface area contributed by atoms with Crippen LogP contribution in [0.1, 0.15) is 22.5 Å². The van der Waals surface area contributed by atoms with Crippen molar-refractivity contribution in [2.45, 2.75) is 12.8 Å². The fourth-order valence-electron chi connectivity index (χ4n) is 4.00. The van der Waals surface area contributed by atoms with Gasteiger partial charge in [-0.25, -0.2) is 9.97 Å². The Balaban J connectivity index is 1.85. The van der Waals surface area contributed by atoms with Crippen LogP contribution in [0.2, 0.25) is 0 Å². The zero-order chi connectivity index (χ0) is 23.9. The molecule has 0 amide bonds. The lowest BCUT2D eigenvalue weighted by molar-refractivity contribution is 0.408. The van der Waals surface area contributed by atoms with Crippen LogP contribution in [-0.2, 0) is 12.8 Å². The number of anilines is 1. The maximum absolute atomic E-state index is 5.84. The van der Waals surface area contributed by atoms with Crippen molar-refractivity contribution in [3.8, 4) is 11.5 Å². The Labute approximate surface area is 201 Å². The smallest absolute Gasteiger partial charge is 0.170 e. The molecule has 3 aromatic carbocycles. The van der Waals surface area contributed by atoms with E-state index in [-0.39, 0.29) is 0 Å². The Hall–Kier alpha value is -3.64. The molecule has 0 aliphatic rings. The van der Waals surface area contributed by atoms with Crippen molar-refractivity contribution >= 4 is 16.7 Å². The molecule has 0 unspecified atom stereocenters. The largest absolute Gasteiger partial charge is 0.494 e. The summed E-state index contributed by atoms with van der Waals surface area (Å²) in [6.45, 7) is 1.67. The van der Waals surface area contributed by atoms with E-state index in [9.17, 15) is 0 Å². The van der Waals surface area contributed by atoms with E-state index in [1.165, 1.54) is 11.1 Å². The minimum atomic E-state index is 0.677. The van der Waals surface area contributed by atoms with Crippen molar-refractivity contribution in [1.29, 1.82) is 0 Å². The first-order valence-corrected chi connectivity index (χ1v) is 11.5. The van der Waals surface area contributed by atoms with Crippen LogP contribution in [0.4, 0.5) is 5.69 Å². The molecule has 1 heterocycles. The third-order valence-corrected chi connectivity index (χ3v) is 5.75. The van der Waals surface area contributed by atoms with Crippen LogP contribution in [-0.4, -0.2) is 56.3 Å². The van der Waals surface area contributed by atoms with Gasteiger partial charge in [-0.1, -0.05) is 60.7 Å². The van der Waals surface area contributed by atoms with Crippen LogP contribution in [0.5, 0.6) is 11.5 Å². The molecule has 6 heteroatoms. The number of fused-ring (bicyclic) bond motifs is 1. The molecule has 0 aliphatic carbocycles. The van der Waals surface area contributed by atoms with E-state index in [4.69, 9.17) is 19.4 Å². The predicted molar refractivity (Wildman–Crippen MR) is 138 cm³/mol. The van der Waals surface area contributed by atoms with Crippen molar-refractivity contribution in [2.75, 3.05) is 46.7 Å². The van der Waals surface area contributed by atoms with Gasteiger partial charge in [0.05, 0.1) is 31.3 Å². The molecule has 6 nitrogen and oxygen atoms in total. The molecule has 0 saturated carbocycles. The number of hydrogen-bond acceptors (Lipinski definition) is 6. The Bertz CT molecular complexity index is 1230. The van der Waals surface area contributed by atoms with Gasteiger partial charge in [-0.05, 0) is 25.2 Å². The number of ether oxygens (including phenoxy) is 2. The maximum Gasteiger partial charge on any atom is 0.170 e. The second-order valence-corrected chi connectivity index (χ2v) is 8.53. The second kappa shape index (κ2) is 11.0. The van der Waals surface area contributed by atoms with E-state index < -0.39 is 0 Å². The molecule has 0 atom stereocenters. The summed E-state index contributed by atoms with van der Waals surface area (Å²) in [5.41, 5.74) is 6.53. The van der Waals surface area contributed by atoms with Crippen molar-refractivity contribution in [1.82, 2.24) is 14.9 Å². The second-order valence-electron chi connectivity index (χ2n) is 8.53. The molecule has 4 aromatic rings. The summed E-state index contributed by atoms with van der Waals surface area (Å²) in [5.74, 6) is 1.36. The van der Waals surface area contributed by atoms with Gasteiger partial charge in [-0.3, -0.25) is 0 Å². The van der Waals surface area contributed by atoms with Gasteiger partial charge in [-0.2, -0.15) is 0 Å². The van der Waals surface area contributed by atoms with Crippen LogP contribution >= 0.6 is 0 Å². The van der Waals surface area contributed by atoms with Gasteiger partial charge in [0, 0.05) is 32.0 Å². The maximum atomic E-state index is 5.84. The molecule has 4 rings (SSSR count). The molecule has 0 saturated heterocycles. The number of nitrogens with zero attached hydrogens (tertiary/aromatic N) is 3. The first kappa shape index (κ1) is 23.5. The van der Waals surface area contributed by atoms with Gasteiger partial charge < -0.3 is 19.7 Å². The van der Waals surface area contributed by atoms with E-state index in [0.29, 0.717) is 35.4 Å². The number of rotatable bonds is 10. The van der Waals surface area contributed by atoms with E-state index in [1.54, 1.807) is 14.2 Å². The summed E-state index contributed by atoms with van der Waals surface area (Å²) in [5, 5.41) is 3.47. The van der Waals surface area contributed by atoms with Crippen LogP contribution < -0.4 is 14.8 Å². The van der Waals surface area contributed by atoms with E-state index in [0.717, 1.165) is 30.2 Å². The number of hydrogen-bond donors (Lipinski definition) is 1. The zero-order valence-electron chi connectivity index (χ0n) is 20.3. The topological polar surface area (TPSA) is 59.5 Å². The fraction of sp³-hybridized carbons (Fsp3) is 0.286. The SMILES string of the molecule is COc1cc(NCCN(C)C)c(OC)c2nc(Cc3ccccc3)c(Cc3ccccc3)nc12. The molecule has 0 bridgehead atoms. The standard InChI is InChI=1S/C28H32N4O2/c1-32(2)16-15-29-24-19-25(33-3)26-27(28(24)34-4)31-23(18-21-13-9-6-10-14-21)22(30-26)17-20-11-7-5-8-12-20/h5-14,19,29H,15-18H2,1-4H3. The molecule has 0 spiro atoms. The molecule has 1 N–H and O–H groups in total. The zero-order valence-corrected chi connectivity index (χ0v) is 20.3. The van der Waals surface area contributed by atoms with E-state index >= 15 is 0 Å². The fourth-order valence-corrected chi connectivity index (χ4v) is 4.00. The summed E-state index contributed by atoms with van der Waals surface area (Å²) >= 11 is 0. The highest BCUT2D eigenvalue weighted by Gasteiger charge is 2.20. The summed E-state index contributed by atoms with van der Waals surface area (Å²) in [6.07, 6.45) is 1.38. The summed E-state index contributed by atoms with van der Waals surface area (Å²) < 4.78 is 11.6. The van der Waals surface area contributed by atoms with E-state index in [2.05, 4.69) is 72.8 Å². The van der Waals surface area contributed by atoms with Gasteiger partial charge in [0.2, 0.25) is 0 Å². The van der Waals surface area contributed by atoms with Crippen LogP contribution in [0, 0.1) is 0 Å². The van der Waals surface area contributed by atoms with Crippen LogP contribution in [0.15, 0.2) is 66.7 Å². The molecular formula is C28H32N4O2. The lowest BCUT2D eigenvalue weighted by Gasteiger charge is -2.18. The van der Waals surface area contributed by atoms with Gasteiger partial charge in [0.1, 0.15) is 16.8 Å². The molecule has 0 fully saturated rings. The van der Waals surface area contributed by atoms with Gasteiger partial charge in [-0.15, -0.1) is 0 Å². The quantitative estimate of drug-likeness (QED) is 0.370. The molecule has 0 aliphatic heterocycles. The van der Waals surface area contributed by atoms with Crippen LogP contribution in [0.3, 0.4) is 0 Å². The normalized spacial score (nSPS) is 11.1. The number of nitrogens with one attached hydrogen (secondary N) is 1. The minimum absolute atomic E-state index is 0.677. The lowest BCUT2D eigenvalue weighted by atomic mass is 10.0. The van der Waals surface area contributed by atoms with Crippen molar-refractivity contribution in [3.63, 3.8) is 0 Å². The summed E-state index contributed by atoms with van der Waals surface area (Å²) in [6, 6.07) is 22.7. The Kier molecular flexibility index (Phi) is 7.60. The monoisotopic (exact) mass is 456 g/mol. The first-order valence-electron chi connectivity index (χ1n) is 11.5. The first-order chi connectivity index (χ1) is 16.6. The highest BCUT2D eigenvalue weighted by Crippen LogP contribution is 2.39. The number of likely N-dealkylation sites (N-methyl/N-ethyl adjacent to an activating group) is 1. The average molecular weight is 457 g/mol. The Morgan fingerprint density at radius 3 is 1.82 bits per heavy atom. The minimum Gasteiger partial charge on any atom is -0.494 e. The number of benzene rings is 3. The number of methoxy groups -OCH3 is 2. The van der Waals surface area contributed by atoms with Gasteiger partial charge in [0.25, 0.3) is 0 Å². The van der Waals surface area contributed by atoms with Gasteiger partial charge in [0.15, 0.2) is 5.75 Å². The molecule has 1 aromatic heterocycles.